The van der Waals surface area contributed by atoms with Crippen molar-refractivity contribution >= 4 is 32.7 Å². The molecule has 0 aliphatic rings. The van der Waals surface area contributed by atoms with E-state index in [-0.39, 0.29) is 4.90 Å². The monoisotopic (exact) mass is 433 g/mol. The van der Waals surface area contributed by atoms with Crippen LogP contribution in [0.3, 0.4) is 0 Å². The maximum atomic E-state index is 12.6. The molecule has 1 unspecified atom stereocenters. The molecule has 0 saturated carbocycles. The molecular weight excluding hydrogens is 410 g/mol. The normalized spacial score (nSPS) is 12.7. The van der Waals surface area contributed by atoms with Crippen molar-refractivity contribution in [1.29, 1.82) is 0 Å². The van der Waals surface area contributed by atoms with Gasteiger partial charge in [-0.2, -0.15) is 0 Å². The highest BCUT2D eigenvalue weighted by Crippen LogP contribution is 2.25. The van der Waals surface area contributed by atoms with Gasteiger partial charge in [0, 0.05) is 14.1 Å². The summed E-state index contributed by atoms with van der Waals surface area (Å²) in [5.41, 5.74) is 2.23. The molecule has 0 saturated heterocycles. The molecule has 0 fully saturated rings. The van der Waals surface area contributed by atoms with Crippen molar-refractivity contribution in [2.75, 3.05) is 26.5 Å². The summed E-state index contributed by atoms with van der Waals surface area (Å²) in [6.45, 7) is 3.45. The van der Waals surface area contributed by atoms with Crippen LogP contribution in [0, 0.1) is 6.92 Å². The Morgan fingerprint density at radius 2 is 1.93 bits per heavy atom. The van der Waals surface area contributed by atoms with Crippen LogP contribution < -0.4 is 14.9 Å². The minimum absolute atomic E-state index is 0.0637. The van der Waals surface area contributed by atoms with Crippen LogP contribution in [0.15, 0.2) is 41.3 Å². The van der Waals surface area contributed by atoms with Crippen LogP contribution in [0.2, 0.25) is 0 Å². The Morgan fingerprint density at radius 1 is 1.20 bits per heavy atom. The van der Waals surface area contributed by atoms with E-state index in [9.17, 15) is 13.2 Å². The molecule has 1 N–H and O–H groups in total. The van der Waals surface area contributed by atoms with Crippen molar-refractivity contribution < 1.29 is 22.8 Å². The number of nitrogens with one attached hydrogen (secondary N) is 1. The molecule has 160 valence electrons. The van der Waals surface area contributed by atoms with Crippen molar-refractivity contribution in [3.8, 4) is 5.75 Å². The molecule has 0 aliphatic heterocycles. The van der Waals surface area contributed by atoms with E-state index in [0.717, 1.165) is 14.7 Å². The zero-order chi connectivity index (χ0) is 22.1. The quantitative estimate of drug-likeness (QED) is 0.600. The van der Waals surface area contributed by atoms with E-state index in [2.05, 4.69) is 15.6 Å². The molecular formula is C19H23N5O5S. The first-order valence-corrected chi connectivity index (χ1v) is 10.5. The minimum atomic E-state index is -3.64. The molecule has 11 heteroatoms. The number of carbonyl (C=O) groups is 1. The second kappa shape index (κ2) is 8.28. The first-order chi connectivity index (χ1) is 14.1. The predicted molar refractivity (Wildman–Crippen MR) is 111 cm³/mol. The maximum absolute atomic E-state index is 12.6. The third kappa shape index (κ3) is 4.21. The maximum Gasteiger partial charge on any atom is 0.268 e. The van der Waals surface area contributed by atoms with Crippen LogP contribution in [-0.4, -0.2) is 61.1 Å². The minimum Gasteiger partial charge on any atom is -0.495 e. The number of amides is 1. The first kappa shape index (κ1) is 21.5. The van der Waals surface area contributed by atoms with Gasteiger partial charge in [0.2, 0.25) is 16.1 Å². The molecule has 3 aromatic rings. The van der Waals surface area contributed by atoms with Crippen LogP contribution in [0.5, 0.6) is 5.75 Å². The van der Waals surface area contributed by atoms with Crippen molar-refractivity contribution in [2.45, 2.75) is 24.8 Å². The number of methoxy groups -OCH3 is 1. The molecule has 10 nitrogen and oxygen atoms in total. The molecule has 0 aliphatic carbocycles. The fraction of sp³-hybridized carbons (Fsp3) is 0.316. The number of fused-ring (bicyclic) bond motifs is 1. The summed E-state index contributed by atoms with van der Waals surface area (Å²) in [6.07, 6.45) is -0.950. The third-order valence-electron chi connectivity index (χ3n) is 4.41. The lowest BCUT2D eigenvalue weighted by atomic mass is 10.2. The van der Waals surface area contributed by atoms with Gasteiger partial charge < -0.3 is 14.9 Å². The van der Waals surface area contributed by atoms with Gasteiger partial charge in [0.05, 0.1) is 17.7 Å². The number of rotatable bonds is 7. The molecule has 2 aromatic carbocycles. The summed E-state index contributed by atoms with van der Waals surface area (Å²) >= 11 is 0. The summed E-state index contributed by atoms with van der Waals surface area (Å²) in [5.74, 6) is 0.0884. The smallest absolute Gasteiger partial charge is 0.268 e. The number of hydrogen-bond donors (Lipinski definition) is 1. The van der Waals surface area contributed by atoms with Gasteiger partial charge >= 0.3 is 0 Å². The molecule has 1 atom stereocenters. The topological polar surface area (TPSA) is 116 Å². The van der Waals surface area contributed by atoms with Gasteiger partial charge in [0.25, 0.3) is 5.91 Å². The van der Waals surface area contributed by atoms with Gasteiger partial charge in [-0.05, 0) is 55.0 Å². The Hall–Kier alpha value is -3.18. The Kier molecular flexibility index (Phi) is 5.94. The lowest BCUT2D eigenvalue weighted by molar-refractivity contribution is -0.127. The molecule has 0 radical (unpaired) electrons. The van der Waals surface area contributed by atoms with Gasteiger partial charge in [-0.1, -0.05) is 10.9 Å². The number of hydrogen-bond acceptors (Lipinski definition) is 7. The largest absolute Gasteiger partial charge is 0.495 e. The van der Waals surface area contributed by atoms with E-state index in [1.807, 2.05) is 13.0 Å². The third-order valence-corrected chi connectivity index (χ3v) is 6.22. The zero-order valence-electron chi connectivity index (χ0n) is 17.3. The van der Waals surface area contributed by atoms with Gasteiger partial charge in [-0.25, -0.2) is 12.7 Å². The summed E-state index contributed by atoms with van der Waals surface area (Å²) < 4.78 is 31.1. The molecule has 0 spiro atoms. The summed E-state index contributed by atoms with van der Waals surface area (Å²) in [7, 11) is 0.755. The average molecular weight is 433 g/mol. The molecule has 30 heavy (non-hydrogen) atoms. The van der Waals surface area contributed by atoms with Crippen LogP contribution in [0.1, 0.15) is 12.5 Å². The first-order valence-electron chi connectivity index (χ1n) is 9.04. The number of aromatic nitrogens is 3. The highest BCUT2D eigenvalue weighted by atomic mass is 32.2. The number of ether oxygens (including phenoxy) is 1. The zero-order valence-corrected chi connectivity index (χ0v) is 18.1. The van der Waals surface area contributed by atoms with Crippen molar-refractivity contribution in [3.05, 3.63) is 42.0 Å². The fourth-order valence-corrected chi connectivity index (χ4v) is 3.60. The highest BCUT2D eigenvalue weighted by Gasteiger charge is 2.22. The average Bonchev–Trinajstić information content (AvgIpc) is 3.10. The second-order valence-electron chi connectivity index (χ2n) is 6.84. The van der Waals surface area contributed by atoms with E-state index >= 15 is 0 Å². The Balaban J connectivity index is 1.84. The number of carbonyl (C=O) groups excluding carboxylic acids is 1. The molecule has 1 amide bonds. The highest BCUT2D eigenvalue weighted by molar-refractivity contribution is 7.89. The molecule has 3 rings (SSSR count). The fourth-order valence-electron chi connectivity index (χ4n) is 2.68. The lowest BCUT2D eigenvalue weighted by Crippen LogP contribution is -2.35. The van der Waals surface area contributed by atoms with Crippen molar-refractivity contribution in [1.82, 2.24) is 19.5 Å². The summed E-state index contributed by atoms with van der Waals surface area (Å²) in [6, 6.07) is 9.78. The van der Waals surface area contributed by atoms with E-state index in [4.69, 9.17) is 9.57 Å². The summed E-state index contributed by atoms with van der Waals surface area (Å²) in [5, 5.41) is 10.6. The number of sulfonamides is 1. The Morgan fingerprint density at radius 3 is 2.60 bits per heavy atom. The van der Waals surface area contributed by atoms with Gasteiger partial charge in [-0.3, -0.25) is 4.79 Å². The van der Waals surface area contributed by atoms with Gasteiger partial charge in [0.1, 0.15) is 16.8 Å². The number of aryl methyl sites for hydroxylation is 1. The van der Waals surface area contributed by atoms with E-state index in [1.54, 1.807) is 19.1 Å². The van der Waals surface area contributed by atoms with E-state index in [0.29, 0.717) is 22.5 Å². The van der Waals surface area contributed by atoms with Crippen molar-refractivity contribution in [2.24, 2.45) is 0 Å². The van der Waals surface area contributed by atoms with Crippen molar-refractivity contribution in [3.63, 3.8) is 0 Å². The Bertz CT molecular complexity index is 1190. The predicted octanol–water partition coefficient (Wildman–Crippen LogP) is 1.45. The van der Waals surface area contributed by atoms with Crippen LogP contribution in [0.4, 0.5) is 5.69 Å². The molecule has 1 aromatic heterocycles. The number of benzene rings is 2. The van der Waals surface area contributed by atoms with Gasteiger partial charge in [0.15, 0.2) is 0 Å². The van der Waals surface area contributed by atoms with Crippen LogP contribution in [-0.2, 0) is 14.8 Å². The van der Waals surface area contributed by atoms with E-state index in [1.165, 1.54) is 39.4 Å². The summed E-state index contributed by atoms with van der Waals surface area (Å²) in [4.78, 5) is 19.3. The van der Waals surface area contributed by atoms with Gasteiger partial charge in [-0.15, -0.1) is 5.10 Å². The number of anilines is 1. The second-order valence-corrected chi connectivity index (χ2v) is 8.99. The molecule has 1 heterocycles. The standard InChI is InChI=1S/C19H23N5O5S/c1-12-6-9-18(28-5)16(10-12)20-19(25)13(2)29-24-17-11-14(30(26,27)23(3)4)7-8-15(17)21-22-24/h6-11,13H,1-5H3,(H,20,25). The molecule has 0 bridgehead atoms. The number of nitrogens with zero attached hydrogens (tertiary/aromatic N) is 4. The lowest BCUT2D eigenvalue weighted by Gasteiger charge is -2.16. The van der Waals surface area contributed by atoms with Crippen LogP contribution >= 0.6 is 0 Å². The van der Waals surface area contributed by atoms with Crippen LogP contribution in [0.25, 0.3) is 11.0 Å². The SMILES string of the molecule is COc1ccc(C)cc1NC(=O)C(C)On1nnc2ccc(S(=O)(=O)N(C)C)cc21. The Labute approximate surface area is 174 Å². The van der Waals surface area contributed by atoms with E-state index < -0.39 is 22.0 Å².